The van der Waals surface area contributed by atoms with Gasteiger partial charge >= 0.3 is 0 Å². The highest BCUT2D eigenvalue weighted by Crippen LogP contribution is 2.34. The van der Waals surface area contributed by atoms with E-state index in [4.69, 9.17) is 9.97 Å². The summed E-state index contributed by atoms with van der Waals surface area (Å²) in [6, 6.07) is 29.1. The summed E-state index contributed by atoms with van der Waals surface area (Å²) in [6.07, 6.45) is 5.43. The van der Waals surface area contributed by atoms with Crippen LogP contribution in [0.3, 0.4) is 0 Å². The molecule has 0 unspecified atom stereocenters. The number of carbonyl (C=O) groups is 1. The number of carbonyl (C=O) groups excluding carboxylic acids is 1. The minimum atomic E-state index is -0.320. The summed E-state index contributed by atoms with van der Waals surface area (Å²) in [7, 11) is 0. The van der Waals surface area contributed by atoms with Gasteiger partial charge in [-0.15, -0.1) is 0 Å². The zero-order chi connectivity index (χ0) is 29.0. The highest BCUT2D eigenvalue weighted by molar-refractivity contribution is 7.21. The zero-order valence-corrected chi connectivity index (χ0v) is 24.0. The molecule has 10 heteroatoms. The number of hydrogen-bond acceptors (Lipinski definition) is 9. The van der Waals surface area contributed by atoms with Crippen molar-refractivity contribution in [3.05, 3.63) is 109 Å². The van der Waals surface area contributed by atoms with Gasteiger partial charge < -0.3 is 15.5 Å². The number of hydrogen-bond donors (Lipinski definition) is 2. The Kier molecular flexibility index (Phi) is 7.41. The van der Waals surface area contributed by atoms with E-state index in [0.717, 1.165) is 58.2 Å². The molecule has 9 nitrogen and oxygen atoms in total. The number of benzene rings is 2. The van der Waals surface area contributed by atoms with Gasteiger partial charge in [0.1, 0.15) is 32.7 Å². The first-order chi connectivity index (χ1) is 21.2. The van der Waals surface area contributed by atoms with Crippen molar-refractivity contribution in [2.45, 2.75) is 18.9 Å². The largest absolute Gasteiger partial charge is 0.367 e. The zero-order valence-electron chi connectivity index (χ0n) is 23.2. The Morgan fingerprint density at radius 2 is 1.60 bits per heavy atom. The van der Waals surface area contributed by atoms with E-state index in [1.54, 1.807) is 12.3 Å². The lowest BCUT2D eigenvalue weighted by molar-refractivity contribution is 0.102. The molecule has 6 aromatic rings. The van der Waals surface area contributed by atoms with Crippen LogP contribution in [0.25, 0.3) is 32.3 Å². The fourth-order valence-corrected chi connectivity index (χ4v) is 6.15. The van der Waals surface area contributed by atoms with E-state index >= 15 is 0 Å². The van der Waals surface area contributed by atoms with Crippen LogP contribution in [0.15, 0.2) is 103 Å². The molecule has 0 radical (unpaired) electrons. The first kappa shape index (κ1) is 26.7. The van der Waals surface area contributed by atoms with E-state index in [1.165, 1.54) is 11.3 Å². The number of nitrogens with one attached hydrogen (secondary N) is 2. The Labute approximate surface area is 252 Å². The van der Waals surface area contributed by atoms with Crippen molar-refractivity contribution >= 4 is 44.9 Å². The van der Waals surface area contributed by atoms with Crippen LogP contribution in [0.2, 0.25) is 0 Å². The Morgan fingerprint density at radius 3 is 2.42 bits per heavy atom. The van der Waals surface area contributed by atoms with Crippen molar-refractivity contribution in [2.75, 3.05) is 28.6 Å². The molecule has 43 heavy (non-hydrogen) atoms. The summed E-state index contributed by atoms with van der Waals surface area (Å²) >= 11 is 1.49. The van der Waals surface area contributed by atoms with Gasteiger partial charge in [0.05, 0.1) is 5.69 Å². The number of fused-ring (bicyclic) bond motifs is 1. The second-order valence-corrected chi connectivity index (χ2v) is 11.2. The van der Waals surface area contributed by atoms with Gasteiger partial charge in [0.25, 0.3) is 5.91 Å². The third-order valence-corrected chi connectivity index (χ3v) is 8.40. The highest BCUT2D eigenvalue weighted by atomic mass is 32.1. The maximum absolute atomic E-state index is 13.7. The lowest BCUT2D eigenvalue weighted by Gasteiger charge is -2.33. The number of amides is 1. The maximum Gasteiger partial charge on any atom is 0.274 e. The molecule has 0 spiro atoms. The van der Waals surface area contributed by atoms with Gasteiger partial charge in [0.15, 0.2) is 5.82 Å². The fraction of sp³-hybridized carbons (Fsp3) is 0.152. The minimum absolute atomic E-state index is 0.211. The van der Waals surface area contributed by atoms with E-state index in [1.807, 2.05) is 91.1 Å². The van der Waals surface area contributed by atoms with Crippen LogP contribution in [0.5, 0.6) is 0 Å². The second-order valence-electron chi connectivity index (χ2n) is 10.3. The van der Waals surface area contributed by atoms with Gasteiger partial charge in [-0.2, -0.15) is 0 Å². The summed E-state index contributed by atoms with van der Waals surface area (Å²) in [5.41, 5.74) is 3.43. The first-order valence-corrected chi connectivity index (χ1v) is 15.0. The van der Waals surface area contributed by atoms with Crippen LogP contribution >= 0.6 is 11.3 Å². The molecule has 4 aromatic heterocycles. The highest BCUT2D eigenvalue weighted by Gasteiger charge is 2.22. The number of anilines is 3. The average Bonchev–Trinajstić information content (AvgIpc) is 3.50. The molecule has 212 valence electrons. The molecule has 1 fully saturated rings. The summed E-state index contributed by atoms with van der Waals surface area (Å²) in [5, 5.41) is 7.45. The molecule has 0 bridgehead atoms. The molecule has 1 aliphatic rings. The number of pyridine rings is 2. The quantitative estimate of drug-likeness (QED) is 0.218. The predicted octanol–water partition coefficient (Wildman–Crippen LogP) is 6.54. The molecule has 0 aliphatic carbocycles. The molecular formula is C33H28N8OS. The number of piperidine rings is 1. The number of para-hydroxylation sites is 1. The molecule has 7 rings (SSSR count). The van der Waals surface area contributed by atoms with Gasteiger partial charge in [-0.25, -0.2) is 24.9 Å². The second kappa shape index (κ2) is 11.9. The van der Waals surface area contributed by atoms with Gasteiger partial charge in [0.2, 0.25) is 0 Å². The lowest BCUT2D eigenvalue weighted by atomic mass is 10.0. The van der Waals surface area contributed by atoms with Crippen molar-refractivity contribution in [3.8, 4) is 22.0 Å². The molecule has 0 saturated carbocycles. The van der Waals surface area contributed by atoms with E-state index in [9.17, 15) is 4.79 Å². The van der Waals surface area contributed by atoms with Crippen molar-refractivity contribution in [1.82, 2.24) is 24.9 Å². The molecule has 5 heterocycles. The van der Waals surface area contributed by atoms with E-state index in [-0.39, 0.29) is 17.6 Å². The molecule has 1 aliphatic heterocycles. The standard InChI is InChI=1S/C33H28N8OS/c42-31(38-25-12-5-4-11-24(25)32-39-26-13-8-18-35-33(26)43-32)27-21-28(40-30(37-27)22-9-2-1-3-10-22)36-23-15-19-41(20-16-23)29-14-6-7-17-34-29/h1-14,17-18,21,23H,15-16,19-20H2,(H,38,42)(H,36,37,40). The number of aromatic nitrogens is 5. The Hall–Kier alpha value is -5.22. The van der Waals surface area contributed by atoms with Crippen molar-refractivity contribution < 1.29 is 4.79 Å². The summed E-state index contributed by atoms with van der Waals surface area (Å²) in [5.74, 6) is 1.79. The number of rotatable bonds is 7. The van der Waals surface area contributed by atoms with E-state index in [0.29, 0.717) is 17.3 Å². The molecule has 1 saturated heterocycles. The molecule has 1 amide bonds. The van der Waals surface area contributed by atoms with E-state index < -0.39 is 0 Å². The summed E-state index contributed by atoms with van der Waals surface area (Å²) in [4.78, 5) is 40.0. The third kappa shape index (κ3) is 5.91. The smallest absolute Gasteiger partial charge is 0.274 e. The predicted molar refractivity (Wildman–Crippen MR) is 171 cm³/mol. The van der Waals surface area contributed by atoms with Crippen LogP contribution < -0.4 is 15.5 Å². The molecular weight excluding hydrogens is 556 g/mol. The number of nitrogens with zero attached hydrogens (tertiary/aromatic N) is 6. The van der Waals surface area contributed by atoms with Crippen molar-refractivity contribution in [3.63, 3.8) is 0 Å². The monoisotopic (exact) mass is 584 g/mol. The Balaban J connectivity index is 1.14. The molecule has 2 N–H and O–H groups in total. The van der Waals surface area contributed by atoms with E-state index in [2.05, 4.69) is 30.5 Å². The SMILES string of the molecule is O=C(Nc1ccccc1-c1nc2cccnc2s1)c1cc(NC2CCN(c3ccccn3)CC2)nc(-c2ccccc2)n1. The van der Waals surface area contributed by atoms with Crippen molar-refractivity contribution in [2.24, 2.45) is 0 Å². The Morgan fingerprint density at radius 1 is 0.814 bits per heavy atom. The molecule has 0 atom stereocenters. The average molecular weight is 585 g/mol. The van der Waals surface area contributed by atoms with Crippen LogP contribution in [-0.4, -0.2) is 50.0 Å². The van der Waals surface area contributed by atoms with Gasteiger partial charge in [-0.3, -0.25) is 4.79 Å². The van der Waals surface area contributed by atoms with Gasteiger partial charge in [-0.1, -0.05) is 59.9 Å². The van der Waals surface area contributed by atoms with Crippen LogP contribution in [0.4, 0.5) is 17.3 Å². The molecule has 2 aromatic carbocycles. The first-order valence-electron chi connectivity index (χ1n) is 14.2. The third-order valence-electron chi connectivity index (χ3n) is 7.38. The van der Waals surface area contributed by atoms with Crippen LogP contribution in [0, 0.1) is 0 Å². The van der Waals surface area contributed by atoms with Gasteiger partial charge in [-0.05, 0) is 49.2 Å². The lowest BCUT2D eigenvalue weighted by Crippen LogP contribution is -2.39. The topological polar surface area (TPSA) is 109 Å². The van der Waals surface area contributed by atoms with Crippen LogP contribution in [0.1, 0.15) is 23.3 Å². The maximum atomic E-state index is 13.7. The number of thiazole rings is 1. The minimum Gasteiger partial charge on any atom is -0.367 e. The summed E-state index contributed by atoms with van der Waals surface area (Å²) < 4.78 is 0. The van der Waals surface area contributed by atoms with Gasteiger partial charge in [0, 0.05) is 48.7 Å². The van der Waals surface area contributed by atoms with Crippen molar-refractivity contribution in [1.29, 1.82) is 0 Å². The Bertz CT molecular complexity index is 1840. The summed E-state index contributed by atoms with van der Waals surface area (Å²) in [6.45, 7) is 1.77. The van der Waals surface area contributed by atoms with Crippen LogP contribution in [-0.2, 0) is 0 Å². The fourth-order valence-electron chi connectivity index (χ4n) is 5.21. The normalized spacial score (nSPS) is 13.6.